The van der Waals surface area contributed by atoms with Gasteiger partial charge in [0.2, 0.25) is 5.91 Å². The Balaban J connectivity index is 1.68. The summed E-state index contributed by atoms with van der Waals surface area (Å²) in [6.07, 6.45) is 4.43. The normalized spacial score (nSPS) is 18.5. The smallest absolute Gasteiger partial charge is 0.259 e. The molecule has 0 saturated heterocycles. The zero-order chi connectivity index (χ0) is 14.1. The number of fused-ring (bicyclic) bond motifs is 1. The van der Waals surface area contributed by atoms with Gasteiger partial charge in [-0.05, 0) is 18.9 Å². The minimum absolute atomic E-state index is 0.0584. The van der Waals surface area contributed by atoms with Gasteiger partial charge in [-0.15, -0.1) is 0 Å². The lowest BCUT2D eigenvalue weighted by molar-refractivity contribution is -0.121. The van der Waals surface area contributed by atoms with Crippen LogP contribution in [0.1, 0.15) is 41.6 Å². The molecule has 1 saturated carbocycles. The second-order valence-corrected chi connectivity index (χ2v) is 5.43. The van der Waals surface area contributed by atoms with Crippen molar-refractivity contribution in [3.8, 4) is 0 Å². The summed E-state index contributed by atoms with van der Waals surface area (Å²) in [5.41, 5.74) is 2.07. The standard InChI is InChI=1S/C16H18N2O2/c1-11-13-8-4-5-9-14(13)16(20)18(11)10-15(19)17-12-6-2-3-7-12/h4-5,8-9,12H,1-3,6-7,10H2,(H,17,19). The van der Waals surface area contributed by atoms with Crippen molar-refractivity contribution in [1.29, 1.82) is 0 Å². The molecule has 0 radical (unpaired) electrons. The zero-order valence-electron chi connectivity index (χ0n) is 11.4. The molecule has 4 heteroatoms. The van der Waals surface area contributed by atoms with Gasteiger partial charge in [-0.1, -0.05) is 37.6 Å². The van der Waals surface area contributed by atoms with Gasteiger partial charge in [0.15, 0.2) is 0 Å². The van der Waals surface area contributed by atoms with Crippen LogP contribution < -0.4 is 5.32 Å². The highest BCUT2D eigenvalue weighted by atomic mass is 16.2. The topological polar surface area (TPSA) is 49.4 Å². The molecule has 1 N–H and O–H groups in total. The average molecular weight is 270 g/mol. The van der Waals surface area contributed by atoms with Crippen LogP contribution in [0, 0.1) is 0 Å². The lowest BCUT2D eigenvalue weighted by Crippen LogP contribution is -2.40. The maximum absolute atomic E-state index is 12.3. The first-order chi connectivity index (χ1) is 9.66. The van der Waals surface area contributed by atoms with Crippen LogP contribution in [0.5, 0.6) is 0 Å². The van der Waals surface area contributed by atoms with Gasteiger partial charge in [-0.25, -0.2) is 0 Å². The minimum atomic E-state index is -0.132. The largest absolute Gasteiger partial charge is 0.352 e. The van der Waals surface area contributed by atoms with E-state index in [0.29, 0.717) is 11.3 Å². The Morgan fingerprint density at radius 2 is 1.90 bits per heavy atom. The molecule has 2 aliphatic rings. The zero-order valence-corrected chi connectivity index (χ0v) is 11.4. The van der Waals surface area contributed by atoms with Crippen LogP contribution in [0.15, 0.2) is 30.8 Å². The highest BCUT2D eigenvalue weighted by Crippen LogP contribution is 2.30. The third-order valence-electron chi connectivity index (χ3n) is 4.06. The van der Waals surface area contributed by atoms with E-state index >= 15 is 0 Å². The average Bonchev–Trinajstić information content (AvgIpc) is 3.03. The fraction of sp³-hybridized carbons (Fsp3) is 0.375. The highest BCUT2D eigenvalue weighted by Gasteiger charge is 2.32. The molecular formula is C16H18N2O2. The summed E-state index contributed by atoms with van der Waals surface area (Å²) >= 11 is 0. The molecule has 1 aliphatic carbocycles. The van der Waals surface area contributed by atoms with Crippen LogP contribution in [-0.2, 0) is 4.79 Å². The molecule has 3 rings (SSSR count). The van der Waals surface area contributed by atoms with E-state index in [4.69, 9.17) is 0 Å². The van der Waals surface area contributed by atoms with Gasteiger partial charge < -0.3 is 5.32 Å². The van der Waals surface area contributed by atoms with Gasteiger partial charge in [0, 0.05) is 22.9 Å². The van der Waals surface area contributed by atoms with E-state index in [2.05, 4.69) is 11.9 Å². The van der Waals surface area contributed by atoms with Crippen molar-refractivity contribution in [3.63, 3.8) is 0 Å². The quantitative estimate of drug-likeness (QED) is 0.915. The van der Waals surface area contributed by atoms with E-state index in [1.54, 1.807) is 6.07 Å². The minimum Gasteiger partial charge on any atom is -0.352 e. The summed E-state index contributed by atoms with van der Waals surface area (Å²) in [6.45, 7) is 4.00. The Kier molecular flexibility index (Phi) is 3.30. The molecule has 0 spiro atoms. The molecule has 0 unspecified atom stereocenters. The molecule has 1 fully saturated rings. The molecule has 1 heterocycles. The first kappa shape index (κ1) is 12.9. The number of hydrogen-bond acceptors (Lipinski definition) is 2. The monoisotopic (exact) mass is 270 g/mol. The lowest BCUT2D eigenvalue weighted by Gasteiger charge is -2.19. The van der Waals surface area contributed by atoms with Crippen molar-refractivity contribution in [3.05, 3.63) is 42.0 Å². The van der Waals surface area contributed by atoms with E-state index < -0.39 is 0 Å². The van der Waals surface area contributed by atoms with Crippen LogP contribution in [-0.4, -0.2) is 29.3 Å². The second kappa shape index (κ2) is 5.12. The molecule has 1 aromatic carbocycles. The van der Waals surface area contributed by atoms with Gasteiger partial charge >= 0.3 is 0 Å². The highest BCUT2D eigenvalue weighted by molar-refractivity contribution is 6.10. The lowest BCUT2D eigenvalue weighted by atomic mass is 10.1. The molecule has 20 heavy (non-hydrogen) atoms. The maximum atomic E-state index is 12.3. The Bertz CT molecular complexity index is 539. The second-order valence-electron chi connectivity index (χ2n) is 5.43. The van der Waals surface area contributed by atoms with Crippen molar-refractivity contribution in [2.45, 2.75) is 31.7 Å². The van der Waals surface area contributed by atoms with Gasteiger partial charge in [0.05, 0.1) is 0 Å². The van der Waals surface area contributed by atoms with Crippen molar-refractivity contribution in [2.75, 3.05) is 6.54 Å². The van der Waals surface area contributed by atoms with Crippen LogP contribution in [0.25, 0.3) is 5.70 Å². The molecule has 0 aromatic heterocycles. The number of benzene rings is 1. The number of carbonyl (C=O) groups is 2. The van der Waals surface area contributed by atoms with E-state index in [1.165, 1.54) is 17.7 Å². The Morgan fingerprint density at radius 3 is 2.55 bits per heavy atom. The fourth-order valence-corrected chi connectivity index (χ4v) is 2.99. The predicted octanol–water partition coefficient (Wildman–Crippen LogP) is 2.17. The summed E-state index contributed by atoms with van der Waals surface area (Å²) in [5.74, 6) is -0.230. The summed E-state index contributed by atoms with van der Waals surface area (Å²) < 4.78 is 0. The van der Waals surface area contributed by atoms with Gasteiger partial charge in [-0.2, -0.15) is 0 Å². The van der Waals surface area contributed by atoms with E-state index in [-0.39, 0.29) is 24.4 Å². The predicted molar refractivity (Wildman–Crippen MR) is 76.9 cm³/mol. The number of nitrogens with zero attached hydrogens (tertiary/aromatic N) is 1. The van der Waals surface area contributed by atoms with E-state index in [0.717, 1.165) is 18.4 Å². The Labute approximate surface area is 118 Å². The fourth-order valence-electron chi connectivity index (χ4n) is 2.99. The summed E-state index contributed by atoms with van der Waals surface area (Å²) in [4.78, 5) is 25.8. The summed E-state index contributed by atoms with van der Waals surface area (Å²) in [5, 5.41) is 3.00. The molecule has 4 nitrogen and oxygen atoms in total. The number of nitrogens with one attached hydrogen (secondary N) is 1. The first-order valence-corrected chi connectivity index (χ1v) is 7.06. The van der Waals surface area contributed by atoms with Crippen LogP contribution >= 0.6 is 0 Å². The van der Waals surface area contributed by atoms with Gasteiger partial charge in [0.25, 0.3) is 5.91 Å². The van der Waals surface area contributed by atoms with Crippen molar-refractivity contribution in [1.82, 2.24) is 10.2 Å². The number of carbonyl (C=O) groups excluding carboxylic acids is 2. The SMILES string of the molecule is C=C1c2ccccc2C(=O)N1CC(=O)NC1CCCC1. The number of amides is 2. The first-order valence-electron chi connectivity index (χ1n) is 7.06. The summed E-state index contributed by atoms with van der Waals surface area (Å²) in [6, 6.07) is 7.61. The van der Waals surface area contributed by atoms with Crippen LogP contribution in [0.4, 0.5) is 0 Å². The molecule has 0 bridgehead atoms. The van der Waals surface area contributed by atoms with E-state index in [9.17, 15) is 9.59 Å². The van der Waals surface area contributed by atoms with Crippen molar-refractivity contribution >= 4 is 17.5 Å². The third kappa shape index (κ3) is 2.22. The van der Waals surface area contributed by atoms with Crippen molar-refractivity contribution in [2.24, 2.45) is 0 Å². The van der Waals surface area contributed by atoms with Crippen LogP contribution in [0.2, 0.25) is 0 Å². The molecule has 1 aromatic rings. The van der Waals surface area contributed by atoms with Gasteiger partial charge in [-0.3, -0.25) is 14.5 Å². The third-order valence-corrected chi connectivity index (χ3v) is 4.06. The van der Waals surface area contributed by atoms with Crippen molar-refractivity contribution < 1.29 is 9.59 Å². The maximum Gasteiger partial charge on any atom is 0.259 e. The Hall–Kier alpha value is -2.10. The van der Waals surface area contributed by atoms with Gasteiger partial charge in [0.1, 0.15) is 6.54 Å². The molecule has 0 atom stereocenters. The van der Waals surface area contributed by atoms with Crippen LogP contribution in [0.3, 0.4) is 0 Å². The molecule has 1 aliphatic heterocycles. The number of hydrogen-bond donors (Lipinski definition) is 1. The molecule has 2 amide bonds. The molecular weight excluding hydrogens is 252 g/mol. The number of rotatable bonds is 3. The summed E-state index contributed by atoms with van der Waals surface area (Å²) in [7, 11) is 0. The molecule has 104 valence electrons. The Morgan fingerprint density at radius 1 is 1.25 bits per heavy atom. The van der Waals surface area contributed by atoms with E-state index in [1.807, 2.05) is 18.2 Å².